The smallest absolute Gasteiger partial charge is 0.251 e. The van der Waals surface area contributed by atoms with Crippen molar-refractivity contribution in [3.05, 3.63) is 23.8 Å². The largest absolute Gasteiger partial charge is 0.385 e. The van der Waals surface area contributed by atoms with E-state index in [2.05, 4.69) is 20.7 Å². The molecule has 7 heteroatoms. The van der Waals surface area contributed by atoms with Crippen LogP contribution in [0.1, 0.15) is 23.7 Å². The first-order valence-electron chi connectivity index (χ1n) is 6.51. The minimum absolute atomic E-state index is 0.170. The molecule has 106 valence electrons. The molecule has 20 heavy (non-hydrogen) atoms. The van der Waals surface area contributed by atoms with Crippen molar-refractivity contribution in [2.75, 3.05) is 13.2 Å². The third-order valence-corrected chi connectivity index (χ3v) is 3.79. The fourth-order valence-electron chi connectivity index (χ4n) is 2.32. The van der Waals surface area contributed by atoms with Gasteiger partial charge >= 0.3 is 0 Å². The Kier molecular flexibility index (Phi) is 3.15. The summed E-state index contributed by atoms with van der Waals surface area (Å²) in [7, 11) is 0. The first kappa shape index (κ1) is 13.0. The Morgan fingerprint density at radius 3 is 3.10 bits per heavy atom. The van der Waals surface area contributed by atoms with Gasteiger partial charge in [-0.15, -0.1) is 0 Å². The second kappa shape index (κ2) is 4.84. The molecule has 1 aromatic heterocycles. The fourth-order valence-corrected chi connectivity index (χ4v) is 2.32. The number of carbonyl (C=O) groups is 1. The molecular weight excluding hydrogens is 260 g/mol. The lowest BCUT2D eigenvalue weighted by Gasteiger charge is -2.26. The number of hydrogen-bond acceptors (Lipinski definition) is 5. The molecule has 1 aromatic carbocycles. The van der Waals surface area contributed by atoms with Gasteiger partial charge in [0.2, 0.25) is 0 Å². The topological polar surface area (TPSA) is 100 Å². The normalized spacial score (nSPS) is 26.0. The molecule has 7 nitrogen and oxygen atoms in total. The van der Waals surface area contributed by atoms with E-state index in [9.17, 15) is 9.90 Å². The highest BCUT2D eigenvalue weighted by Gasteiger charge is 2.39. The van der Waals surface area contributed by atoms with Crippen LogP contribution in [0.15, 0.2) is 18.2 Å². The summed E-state index contributed by atoms with van der Waals surface area (Å²) >= 11 is 0. The van der Waals surface area contributed by atoms with Crippen molar-refractivity contribution in [2.24, 2.45) is 0 Å². The summed E-state index contributed by atoms with van der Waals surface area (Å²) < 4.78 is 5.33. The van der Waals surface area contributed by atoms with Crippen LogP contribution in [0.25, 0.3) is 11.0 Å². The molecule has 1 saturated heterocycles. The third-order valence-electron chi connectivity index (χ3n) is 3.79. The van der Waals surface area contributed by atoms with Gasteiger partial charge in [0, 0.05) is 25.1 Å². The molecule has 0 spiro atoms. The molecule has 1 amide bonds. The zero-order valence-corrected chi connectivity index (χ0v) is 11.1. The molecule has 2 aromatic rings. The van der Waals surface area contributed by atoms with Gasteiger partial charge in [-0.05, 0) is 25.1 Å². The van der Waals surface area contributed by atoms with Crippen LogP contribution in [-0.4, -0.2) is 51.3 Å². The number of H-pyrrole nitrogens is 1. The quantitative estimate of drug-likeness (QED) is 0.745. The zero-order valence-electron chi connectivity index (χ0n) is 11.1. The second-order valence-corrected chi connectivity index (χ2v) is 5.08. The first-order valence-corrected chi connectivity index (χ1v) is 6.51. The number of carbonyl (C=O) groups excluding carboxylic acids is 1. The number of aromatic amines is 1. The SMILES string of the molecule is CC1OCCC1(O)CNC(=O)c1ccc2n[nH]nc2c1. The minimum atomic E-state index is -0.992. The molecule has 2 heterocycles. The lowest BCUT2D eigenvalue weighted by atomic mass is 9.96. The Labute approximate surface area is 115 Å². The summed E-state index contributed by atoms with van der Waals surface area (Å²) in [6.07, 6.45) is 0.248. The highest BCUT2D eigenvalue weighted by molar-refractivity contribution is 5.97. The summed E-state index contributed by atoms with van der Waals surface area (Å²) in [6.45, 7) is 2.49. The third kappa shape index (κ3) is 2.25. The van der Waals surface area contributed by atoms with E-state index < -0.39 is 5.60 Å². The van der Waals surface area contributed by atoms with Crippen LogP contribution in [0.2, 0.25) is 0 Å². The molecular formula is C13H16N4O3. The van der Waals surface area contributed by atoms with Gasteiger partial charge in [-0.25, -0.2) is 0 Å². The van der Waals surface area contributed by atoms with Gasteiger partial charge < -0.3 is 15.2 Å². The number of nitrogens with one attached hydrogen (secondary N) is 2. The number of hydrogen-bond donors (Lipinski definition) is 3. The molecule has 1 fully saturated rings. The van der Waals surface area contributed by atoms with Gasteiger partial charge in [-0.1, -0.05) is 0 Å². The van der Waals surface area contributed by atoms with E-state index in [0.717, 1.165) is 0 Å². The van der Waals surface area contributed by atoms with E-state index in [1.807, 2.05) is 0 Å². The molecule has 0 radical (unpaired) electrons. The number of fused-ring (bicyclic) bond motifs is 1. The Morgan fingerprint density at radius 1 is 1.55 bits per heavy atom. The monoisotopic (exact) mass is 276 g/mol. The number of benzene rings is 1. The van der Waals surface area contributed by atoms with Crippen LogP contribution in [-0.2, 0) is 4.74 Å². The number of rotatable bonds is 3. The number of aromatic nitrogens is 3. The zero-order chi connectivity index (χ0) is 14.2. The Hall–Kier alpha value is -1.99. The summed E-state index contributed by atoms with van der Waals surface area (Å²) in [5, 5.41) is 23.4. The highest BCUT2D eigenvalue weighted by Crippen LogP contribution is 2.24. The van der Waals surface area contributed by atoms with Gasteiger partial charge in [-0.2, -0.15) is 15.4 Å². The average Bonchev–Trinajstić information content (AvgIpc) is 3.03. The average molecular weight is 276 g/mol. The van der Waals surface area contributed by atoms with E-state index >= 15 is 0 Å². The molecule has 3 N–H and O–H groups in total. The van der Waals surface area contributed by atoms with Crippen LogP contribution < -0.4 is 5.32 Å². The van der Waals surface area contributed by atoms with Crippen molar-refractivity contribution in [3.8, 4) is 0 Å². The lowest BCUT2D eigenvalue weighted by Crippen LogP contribution is -2.47. The van der Waals surface area contributed by atoms with Crippen LogP contribution >= 0.6 is 0 Å². The molecule has 0 saturated carbocycles. The molecule has 1 aliphatic heterocycles. The van der Waals surface area contributed by atoms with Gasteiger partial charge in [0.15, 0.2) is 0 Å². The Morgan fingerprint density at radius 2 is 2.35 bits per heavy atom. The number of aliphatic hydroxyl groups is 1. The number of amides is 1. The molecule has 1 aliphatic rings. The van der Waals surface area contributed by atoms with Crippen molar-refractivity contribution in [3.63, 3.8) is 0 Å². The fraction of sp³-hybridized carbons (Fsp3) is 0.462. The molecule has 2 atom stereocenters. The Bertz CT molecular complexity index is 641. The number of ether oxygens (including phenoxy) is 1. The summed E-state index contributed by atoms with van der Waals surface area (Å²) in [4.78, 5) is 12.1. The second-order valence-electron chi connectivity index (χ2n) is 5.08. The van der Waals surface area contributed by atoms with Crippen molar-refractivity contribution < 1.29 is 14.6 Å². The van der Waals surface area contributed by atoms with E-state index in [1.165, 1.54) is 0 Å². The van der Waals surface area contributed by atoms with Gasteiger partial charge in [0.05, 0.1) is 6.10 Å². The maximum Gasteiger partial charge on any atom is 0.251 e. The molecule has 0 bridgehead atoms. The maximum absolute atomic E-state index is 12.1. The minimum Gasteiger partial charge on any atom is -0.385 e. The summed E-state index contributed by atoms with van der Waals surface area (Å²) in [6, 6.07) is 5.06. The van der Waals surface area contributed by atoms with E-state index in [0.29, 0.717) is 29.6 Å². The van der Waals surface area contributed by atoms with E-state index in [1.54, 1.807) is 25.1 Å². The lowest BCUT2D eigenvalue weighted by molar-refractivity contribution is -0.0251. The van der Waals surface area contributed by atoms with Crippen molar-refractivity contribution >= 4 is 16.9 Å². The van der Waals surface area contributed by atoms with Crippen LogP contribution in [0.3, 0.4) is 0 Å². The summed E-state index contributed by atoms with van der Waals surface area (Å²) in [5.41, 5.74) is 0.835. The van der Waals surface area contributed by atoms with Crippen molar-refractivity contribution in [2.45, 2.75) is 25.0 Å². The number of nitrogens with zero attached hydrogens (tertiary/aromatic N) is 2. The predicted molar refractivity (Wildman–Crippen MR) is 71.2 cm³/mol. The van der Waals surface area contributed by atoms with Crippen LogP contribution in [0.5, 0.6) is 0 Å². The molecule has 3 rings (SSSR count). The standard InChI is InChI=1S/C13H16N4O3/c1-8-13(19,4-5-20-8)7-14-12(18)9-2-3-10-11(6-9)16-17-15-10/h2-3,6,8,19H,4-5,7H2,1H3,(H,14,18)(H,15,16,17). The van der Waals surface area contributed by atoms with Crippen molar-refractivity contribution in [1.29, 1.82) is 0 Å². The highest BCUT2D eigenvalue weighted by atomic mass is 16.5. The maximum atomic E-state index is 12.1. The molecule has 2 unspecified atom stereocenters. The van der Waals surface area contributed by atoms with Crippen molar-refractivity contribution in [1.82, 2.24) is 20.7 Å². The summed E-state index contributed by atoms with van der Waals surface area (Å²) in [5.74, 6) is -0.248. The van der Waals surface area contributed by atoms with Crippen LogP contribution in [0, 0.1) is 0 Å². The van der Waals surface area contributed by atoms with Gasteiger partial charge in [0.1, 0.15) is 16.6 Å². The van der Waals surface area contributed by atoms with Crippen LogP contribution in [0.4, 0.5) is 0 Å². The molecule has 0 aliphatic carbocycles. The van der Waals surface area contributed by atoms with Gasteiger partial charge in [0.25, 0.3) is 5.91 Å². The Balaban J connectivity index is 1.69. The first-order chi connectivity index (χ1) is 9.58. The van der Waals surface area contributed by atoms with E-state index in [-0.39, 0.29) is 18.6 Å². The predicted octanol–water partition coefficient (Wildman–Crippen LogP) is 0.228. The van der Waals surface area contributed by atoms with Gasteiger partial charge in [-0.3, -0.25) is 4.79 Å². The van der Waals surface area contributed by atoms with E-state index in [4.69, 9.17) is 4.74 Å².